The van der Waals surface area contributed by atoms with Gasteiger partial charge in [-0.15, -0.1) is 0 Å². The maximum atomic E-state index is 12.0. The molecule has 0 aromatic carbocycles. The smallest absolute Gasteiger partial charge is 0.323 e. The van der Waals surface area contributed by atoms with Gasteiger partial charge in [0, 0.05) is 38.8 Å². The lowest BCUT2D eigenvalue weighted by Crippen LogP contribution is -2.49. The van der Waals surface area contributed by atoms with E-state index in [0.717, 1.165) is 45.1 Å². The van der Waals surface area contributed by atoms with Gasteiger partial charge in [-0.1, -0.05) is 6.92 Å². The Hall–Kier alpha value is -0.650. The first-order valence-corrected chi connectivity index (χ1v) is 8.61. The second kappa shape index (κ2) is 8.71. The summed E-state index contributed by atoms with van der Waals surface area (Å²) < 4.78 is 5.17. The fourth-order valence-corrected chi connectivity index (χ4v) is 2.97. The van der Waals surface area contributed by atoms with Crippen molar-refractivity contribution < 1.29 is 9.53 Å². The van der Waals surface area contributed by atoms with Gasteiger partial charge in [0.1, 0.15) is 6.04 Å². The van der Waals surface area contributed by atoms with E-state index in [0.29, 0.717) is 6.61 Å². The van der Waals surface area contributed by atoms with Crippen molar-refractivity contribution in [2.75, 3.05) is 45.9 Å². The molecule has 0 aromatic rings. The molecule has 21 heavy (non-hydrogen) atoms. The molecule has 0 amide bonds. The summed E-state index contributed by atoms with van der Waals surface area (Å²) in [6.45, 7) is 11.0. The van der Waals surface area contributed by atoms with Crippen molar-refractivity contribution in [3.05, 3.63) is 0 Å². The highest BCUT2D eigenvalue weighted by molar-refractivity contribution is 5.75. The summed E-state index contributed by atoms with van der Waals surface area (Å²) >= 11 is 0. The lowest BCUT2D eigenvalue weighted by Gasteiger charge is -2.35. The van der Waals surface area contributed by atoms with E-state index in [-0.39, 0.29) is 12.0 Å². The zero-order valence-corrected chi connectivity index (χ0v) is 13.6. The van der Waals surface area contributed by atoms with E-state index in [1.807, 2.05) is 6.92 Å². The lowest BCUT2D eigenvalue weighted by molar-refractivity contribution is -0.146. The van der Waals surface area contributed by atoms with E-state index >= 15 is 0 Å². The Kier molecular flexibility index (Phi) is 6.93. The predicted molar refractivity (Wildman–Crippen MR) is 84.4 cm³/mol. The van der Waals surface area contributed by atoms with Crippen LogP contribution in [0.4, 0.5) is 0 Å². The number of ether oxygens (including phenoxy) is 1. The molecule has 122 valence electrons. The van der Waals surface area contributed by atoms with Crippen LogP contribution in [0.2, 0.25) is 0 Å². The number of rotatable bonds is 9. The van der Waals surface area contributed by atoms with Gasteiger partial charge in [0.05, 0.1) is 6.61 Å². The minimum absolute atomic E-state index is 0.0948. The molecule has 1 saturated carbocycles. The lowest BCUT2D eigenvalue weighted by atomic mass is 10.1. The second-order valence-electron chi connectivity index (χ2n) is 6.16. The topological polar surface area (TPSA) is 44.8 Å². The van der Waals surface area contributed by atoms with Gasteiger partial charge in [-0.2, -0.15) is 0 Å². The molecule has 0 aromatic heterocycles. The molecule has 1 saturated heterocycles. The van der Waals surface area contributed by atoms with Crippen LogP contribution in [0.15, 0.2) is 0 Å². The van der Waals surface area contributed by atoms with Crippen molar-refractivity contribution in [2.45, 2.75) is 51.6 Å². The molecule has 1 N–H and O–H groups in total. The number of carbonyl (C=O) groups is 1. The molecule has 0 spiro atoms. The fourth-order valence-electron chi connectivity index (χ4n) is 2.97. The van der Waals surface area contributed by atoms with E-state index in [9.17, 15) is 4.79 Å². The first-order chi connectivity index (χ1) is 10.2. The van der Waals surface area contributed by atoms with E-state index in [2.05, 4.69) is 22.0 Å². The quantitative estimate of drug-likeness (QED) is 0.646. The van der Waals surface area contributed by atoms with Crippen LogP contribution < -0.4 is 5.32 Å². The van der Waals surface area contributed by atoms with Gasteiger partial charge < -0.3 is 15.0 Å². The molecule has 0 radical (unpaired) electrons. The highest BCUT2D eigenvalue weighted by Crippen LogP contribution is 2.27. The molecule has 2 fully saturated rings. The van der Waals surface area contributed by atoms with Gasteiger partial charge in [0.25, 0.3) is 0 Å². The third kappa shape index (κ3) is 5.57. The summed E-state index contributed by atoms with van der Waals surface area (Å²) in [7, 11) is 0. The average Bonchev–Trinajstić information content (AvgIpc) is 3.33. The zero-order chi connectivity index (χ0) is 15.1. The van der Waals surface area contributed by atoms with Crippen molar-refractivity contribution in [3.63, 3.8) is 0 Å². The highest BCUT2D eigenvalue weighted by atomic mass is 16.5. The maximum absolute atomic E-state index is 12.0. The largest absolute Gasteiger partial charge is 0.465 e. The summed E-state index contributed by atoms with van der Waals surface area (Å²) in [5.74, 6) is -0.0948. The molecule has 1 heterocycles. The predicted octanol–water partition coefficient (Wildman–Crippen LogP) is 1.09. The average molecular weight is 297 g/mol. The van der Waals surface area contributed by atoms with Gasteiger partial charge in [-0.3, -0.25) is 9.69 Å². The van der Waals surface area contributed by atoms with Crippen LogP contribution in [0, 0.1) is 0 Å². The van der Waals surface area contributed by atoms with E-state index < -0.39 is 0 Å². The van der Waals surface area contributed by atoms with Crippen molar-refractivity contribution in [1.82, 2.24) is 15.1 Å². The number of hydrogen-bond donors (Lipinski definition) is 1. The van der Waals surface area contributed by atoms with Crippen molar-refractivity contribution in [3.8, 4) is 0 Å². The molecule has 2 rings (SSSR count). The van der Waals surface area contributed by atoms with Crippen molar-refractivity contribution in [1.29, 1.82) is 0 Å². The molecule has 5 nitrogen and oxygen atoms in total. The summed E-state index contributed by atoms with van der Waals surface area (Å²) in [5, 5.41) is 3.32. The number of piperazine rings is 1. The van der Waals surface area contributed by atoms with Crippen LogP contribution in [-0.4, -0.2) is 73.7 Å². The van der Waals surface area contributed by atoms with Crippen LogP contribution in [0.25, 0.3) is 0 Å². The van der Waals surface area contributed by atoms with E-state index in [4.69, 9.17) is 4.74 Å². The molecule has 1 aliphatic carbocycles. The molecule has 5 heteroatoms. The van der Waals surface area contributed by atoms with Crippen LogP contribution in [0.3, 0.4) is 0 Å². The highest BCUT2D eigenvalue weighted by Gasteiger charge is 2.31. The number of hydrogen-bond acceptors (Lipinski definition) is 5. The summed E-state index contributed by atoms with van der Waals surface area (Å²) in [6.07, 6.45) is 4.68. The monoisotopic (exact) mass is 297 g/mol. The summed E-state index contributed by atoms with van der Waals surface area (Å²) in [4.78, 5) is 17.1. The molecular weight excluding hydrogens is 266 g/mol. The zero-order valence-electron chi connectivity index (χ0n) is 13.6. The van der Waals surface area contributed by atoms with Crippen LogP contribution >= 0.6 is 0 Å². The van der Waals surface area contributed by atoms with Crippen molar-refractivity contribution in [2.24, 2.45) is 0 Å². The third-order valence-corrected chi connectivity index (χ3v) is 4.42. The van der Waals surface area contributed by atoms with Gasteiger partial charge in [0.15, 0.2) is 0 Å². The summed E-state index contributed by atoms with van der Waals surface area (Å²) in [5.41, 5.74) is 0. The second-order valence-corrected chi connectivity index (χ2v) is 6.16. The van der Waals surface area contributed by atoms with Crippen molar-refractivity contribution >= 4 is 5.97 Å². The molecule has 1 unspecified atom stereocenters. The Morgan fingerprint density at radius 2 is 1.95 bits per heavy atom. The van der Waals surface area contributed by atoms with Gasteiger partial charge in [0.2, 0.25) is 0 Å². The Morgan fingerprint density at radius 1 is 1.24 bits per heavy atom. The first-order valence-electron chi connectivity index (χ1n) is 8.61. The fraction of sp³-hybridized carbons (Fsp3) is 0.938. The summed E-state index contributed by atoms with van der Waals surface area (Å²) in [6, 6.07) is 0.733. The van der Waals surface area contributed by atoms with Crippen LogP contribution in [0.5, 0.6) is 0 Å². The standard InChI is InChI=1S/C16H31N3O2/c1-3-8-17-15(16(20)21-4-2)7-9-18-10-12-19(13-11-18)14-5-6-14/h14-15,17H,3-13H2,1-2H3. The number of nitrogens with zero attached hydrogens (tertiary/aromatic N) is 2. The third-order valence-electron chi connectivity index (χ3n) is 4.42. The Bertz CT molecular complexity index is 313. The number of carbonyl (C=O) groups excluding carboxylic acids is 1. The minimum Gasteiger partial charge on any atom is -0.465 e. The minimum atomic E-state index is -0.147. The Morgan fingerprint density at radius 3 is 2.52 bits per heavy atom. The normalized spacial score (nSPS) is 22.2. The maximum Gasteiger partial charge on any atom is 0.323 e. The van der Waals surface area contributed by atoms with Gasteiger partial charge in [-0.25, -0.2) is 0 Å². The van der Waals surface area contributed by atoms with Crippen LogP contribution in [-0.2, 0) is 9.53 Å². The van der Waals surface area contributed by atoms with E-state index in [1.165, 1.54) is 25.9 Å². The van der Waals surface area contributed by atoms with Gasteiger partial charge >= 0.3 is 5.97 Å². The number of esters is 1. The van der Waals surface area contributed by atoms with E-state index in [1.54, 1.807) is 0 Å². The molecular formula is C16H31N3O2. The van der Waals surface area contributed by atoms with Crippen LogP contribution in [0.1, 0.15) is 39.5 Å². The number of nitrogens with one attached hydrogen (secondary N) is 1. The molecule has 1 atom stereocenters. The molecule has 2 aliphatic rings. The Labute approximate surface area is 129 Å². The Balaban J connectivity index is 1.68. The first kappa shape index (κ1) is 16.7. The molecule has 0 bridgehead atoms. The SMILES string of the molecule is CCCNC(CCN1CCN(C2CC2)CC1)C(=O)OCC. The molecule has 1 aliphatic heterocycles. The van der Waals surface area contributed by atoms with Gasteiger partial charge in [-0.05, 0) is 39.2 Å².